The molecule has 0 bridgehead atoms. The highest BCUT2D eigenvalue weighted by Gasteiger charge is 2.31. The van der Waals surface area contributed by atoms with Crippen molar-refractivity contribution in [2.45, 2.75) is 52.1 Å². The quantitative estimate of drug-likeness (QED) is 0.345. The Balaban J connectivity index is 1.65. The average Bonchev–Trinajstić information content (AvgIpc) is 3.44. The smallest absolute Gasteiger partial charge is 0.253 e. The largest absolute Gasteiger partial charge is 0.344 e. The first-order valence-corrected chi connectivity index (χ1v) is 11.8. The summed E-state index contributed by atoms with van der Waals surface area (Å²) in [5, 5.41) is 8.14. The van der Waals surface area contributed by atoms with Crippen LogP contribution in [0.25, 0.3) is 16.8 Å². The van der Waals surface area contributed by atoms with E-state index in [1.165, 1.54) is 12.1 Å². The van der Waals surface area contributed by atoms with Gasteiger partial charge in [-0.2, -0.15) is 5.10 Å². The summed E-state index contributed by atoms with van der Waals surface area (Å²) in [6, 6.07) is 4.39. The van der Waals surface area contributed by atoms with Crippen LogP contribution in [-0.2, 0) is 12.0 Å². The average molecular weight is 500 g/mol. The van der Waals surface area contributed by atoms with Gasteiger partial charge in [0.25, 0.3) is 5.91 Å². The predicted octanol–water partition coefficient (Wildman–Crippen LogP) is 6.12. The van der Waals surface area contributed by atoms with Crippen LogP contribution in [0.3, 0.4) is 0 Å². The first-order valence-electron chi connectivity index (χ1n) is 11.0. The monoisotopic (exact) mass is 499 g/mol. The molecule has 5 rings (SSSR count). The van der Waals surface area contributed by atoms with Gasteiger partial charge in [-0.3, -0.25) is 4.79 Å². The van der Waals surface area contributed by atoms with Crippen LogP contribution in [0.15, 0.2) is 36.9 Å². The van der Waals surface area contributed by atoms with Crippen molar-refractivity contribution in [2.75, 3.05) is 0 Å². The molecule has 4 heterocycles. The van der Waals surface area contributed by atoms with Crippen molar-refractivity contribution in [3.05, 3.63) is 75.2 Å². The highest BCUT2D eigenvalue weighted by atomic mass is 35.5. The van der Waals surface area contributed by atoms with Crippen LogP contribution in [0.1, 0.15) is 60.4 Å². The molecule has 9 heteroatoms. The van der Waals surface area contributed by atoms with Gasteiger partial charge in [0.05, 0.1) is 57.3 Å². The molecule has 0 fully saturated rings. The third kappa shape index (κ3) is 3.67. The number of halogens is 3. The summed E-state index contributed by atoms with van der Waals surface area (Å²) in [5.74, 6) is -0.673. The summed E-state index contributed by atoms with van der Waals surface area (Å²) in [6.07, 6.45) is 5.97. The molecule has 6 nitrogen and oxygen atoms in total. The van der Waals surface area contributed by atoms with Crippen molar-refractivity contribution in [1.82, 2.24) is 24.5 Å². The molecule has 1 aliphatic rings. The highest BCUT2D eigenvalue weighted by Crippen LogP contribution is 2.40. The third-order valence-corrected chi connectivity index (χ3v) is 7.10. The second-order valence-corrected chi connectivity index (χ2v) is 10.5. The number of hydrogen-bond donors (Lipinski definition) is 1. The fraction of sp³-hybridized carbons (Fsp3) is 0.320. The molecule has 1 amide bonds. The lowest BCUT2D eigenvalue weighted by Gasteiger charge is -2.24. The molecule has 1 atom stereocenters. The Morgan fingerprint density at radius 1 is 1.21 bits per heavy atom. The number of aryl methyl sites for hydroxylation is 2. The van der Waals surface area contributed by atoms with Crippen LogP contribution in [-0.4, -0.2) is 25.1 Å². The number of rotatable bonds is 3. The lowest BCUT2D eigenvalue weighted by Crippen LogP contribution is -2.30. The zero-order valence-corrected chi connectivity index (χ0v) is 20.8. The van der Waals surface area contributed by atoms with E-state index in [4.69, 9.17) is 23.2 Å². The van der Waals surface area contributed by atoms with E-state index in [-0.39, 0.29) is 27.4 Å². The lowest BCUT2D eigenvalue weighted by atomic mass is 9.83. The van der Waals surface area contributed by atoms with Crippen LogP contribution in [0.5, 0.6) is 0 Å². The molecule has 1 N–H and O–H groups in total. The van der Waals surface area contributed by atoms with E-state index < -0.39 is 5.82 Å². The number of aromatic nitrogens is 4. The molecule has 0 unspecified atom stereocenters. The van der Waals surface area contributed by atoms with Gasteiger partial charge in [0.1, 0.15) is 5.82 Å². The summed E-state index contributed by atoms with van der Waals surface area (Å²) in [5.41, 5.74) is 4.67. The van der Waals surface area contributed by atoms with Crippen molar-refractivity contribution in [2.24, 2.45) is 0 Å². The van der Waals surface area contributed by atoms with Crippen molar-refractivity contribution in [3.8, 4) is 11.3 Å². The molecule has 4 aromatic rings. The predicted molar refractivity (Wildman–Crippen MR) is 131 cm³/mol. The molecular weight excluding hydrogens is 476 g/mol. The molecule has 34 heavy (non-hydrogen) atoms. The van der Waals surface area contributed by atoms with E-state index in [1.54, 1.807) is 23.2 Å². The van der Waals surface area contributed by atoms with Gasteiger partial charge in [-0.25, -0.2) is 13.9 Å². The summed E-state index contributed by atoms with van der Waals surface area (Å²) in [6.45, 7) is 8.89. The number of nitrogens with one attached hydrogen (secondary N) is 1. The first kappa shape index (κ1) is 22.9. The Labute approximate surface area is 206 Å². The Bertz CT molecular complexity index is 1450. The van der Waals surface area contributed by atoms with Gasteiger partial charge in [0.15, 0.2) is 0 Å². The summed E-state index contributed by atoms with van der Waals surface area (Å²) in [4.78, 5) is 17.7. The minimum atomic E-state index is -0.485. The van der Waals surface area contributed by atoms with E-state index in [9.17, 15) is 9.18 Å². The highest BCUT2D eigenvalue weighted by molar-refractivity contribution is 6.43. The van der Waals surface area contributed by atoms with E-state index in [0.29, 0.717) is 16.8 Å². The number of fused-ring (bicyclic) bond motifs is 2. The van der Waals surface area contributed by atoms with E-state index in [0.717, 1.165) is 35.3 Å². The maximum absolute atomic E-state index is 14.2. The van der Waals surface area contributed by atoms with Crippen LogP contribution in [0.2, 0.25) is 10.0 Å². The van der Waals surface area contributed by atoms with E-state index in [2.05, 4.69) is 36.2 Å². The van der Waals surface area contributed by atoms with Crippen molar-refractivity contribution < 1.29 is 9.18 Å². The first-order chi connectivity index (χ1) is 16.1. The molecule has 1 aromatic carbocycles. The summed E-state index contributed by atoms with van der Waals surface area (Å²) >= 11 is 12.6. The second kappa shape index (κ2) is 8.10. The van der Waals surface area contributed by atoms with E-state index >= 15 is 0 Å². The van der Waals surface area contributed by atoms with Crippen molar-refractivity contribution in [1.29, 1.82) is 0 Å². The van der Waals surface area contributed by atoms with Crippen LogP contribution in [0, 0.1) is 12.7 Å². The number of hydrogen-bond acceptors (Lipinski definition) is 3. The molecule has 3 aromatic heterocycles. The number of nitrogens with zero attached hydrogens (tertiary/aromatic N) is 4. The zero-order chi connectivity index (χ0) is 24.4. The number of benzene rings is 1. The summed E-state index contributed by atoms with van der Waals surface area (Å²) in [7, 11) is 0. The lowest BCUT2D eigenvalue weighted by molar-refractivity contribution is 0.0934. The van der Waals surface area contributed by atoms with Gasteiger partial charge in [0.2, 0.25) is 0 Å². The second-order valence-electron chi connectivity index (χ2n) is 9.73. The Kier molecular flexibility index (Phi) is 5.45. The molecule has 0 saturated carbocycles. The molecule has 0 spiro atoms. The number of carbonyl (C=O) groups excluding carboxylic acids is 1. The fourth-order valence-corrected chi connectivity index (χ4v) is 5.26. The Morgan fingerprint density at radius 3 is 2.71 bits per heavy atom. The van der Waals surface area contributed by atoms with Gasteiger partial charge in [0, 0.05) is 12.1 Å². The van der Waals surface area contributed by atoms with Crippen LogP contribution in [0.4, 0.5) is 4.39 Å². The Morgan fingerprint density at radius 2 is 1.97 bits per heavy atom. The molecule has 0 radical (unpaired) electrons. The third-order valence-electron chi connectivity index (χ3n) is 6.30. The summed E-state index contributed by atoms with van der Waals surface area (Å²) < 4.78 is 18.0. The molecule has 0 aliphatic carbocycles. The maximum Gasteiger partial charge on any atom is 0.253 e. The van der Waals surface area contributed by atoms with Gasteiger partial charge < -0.3 is 9.88 Å². The van der Waals surface area contributed by atoms with Crippen LogP contribution < -0.4 is 5.32 Å². The van der Waals surface area contributed by atoms with Gasteiger partial charge in [-0.05, 0) is 48.1 Å². The number of amides is 1. The van der Waals surface area contributed by atoms with E-state index in [1.807, 2.05) is 17.6 Å². The van der Waals surface area contributed by atoms with Crippen molar-refractivity contribution in [3.63, 3.8) is 0 Å². The standard InChI is InChI=1S/C25H24Cl2FN5O/c1-13-7-19-21(25(2,3)4)16(24(34)31-18-5-6-32-12-29-11-20(18)32)10-30-33(19)23(13)15-8-14(28)9-17(26)22(15)27/h7-12,18H,5-6H2,1-4H3,(H,31,34)/t18-/m0/s1. The maximum atomic E-state index is 14.2. The molecule has 1 aliphatic heterocycles. The SMILES string of the molecule is Cc1cc2c(C(C)(C)C)c(C(=O)N[C@H]3CCn4cncc43)cnn2c1-c1cc(F)cc(Cl)c1Cl. The number of imidazole rings is 1. The molecular formula is C25H24Cl2FN5O. The van der Waals surface area contributed by atoms with Gasteiger partial charge in [-0.15, -0.1) is 0 Å². The minimum Gasteiger partial charge on any atom is -0.344 e. The number of carbonyl (C=O) groups is 1. The minimum absolute atomic E-state index is 0.101. The van der Waals surface area contributed by atoms with Crippen LogP contribution >= 0.6 is 23.2 Å². The topological polar surface area (TPSA) is 64.2 Å². The molecule has 0 saturated heterocycles. The fourth-order valence-electron chi connectivity index (χ4n) is 4.86. The Hall–Kier alpha value is -2.90. The van der Waals surface area contributed by atoms with Crippen molar-refractivity contribution >= 4 is 34.6 Å². The normalized spacial score (nSPS) is 15.7. The zero-order valence-electron chi connectivity index (χ0n) is 19.3. The van der Waals surface area contributed by atoms with Gasteiger partial charge in [-0.1, -0.05) is 44.0 Å². The van der Waals surface area contributed by atoms with Gasteiger partial charge >= 0.3 is 0 Å². The molecule has 176 valence electrons.